The van der Waals surface area contributed by atoms with Gasteiger partial charge in [0.2, 0.25) is 0 Å². The van der Waals surface area contributed by atoms with E-state index in [1.165, 1.54) is 0 Å². The number of ether oxygens (including phenoxy) is 2. The van der Waals surface area contributed by atoms with Crippen LogP contribution in [0.5, 0.6) is 17.2 Å². The van der Waals surface area contributed by atoms with Crippen molar-refractivity contribution in [2.75, 3.05) is 18.8 Å². The highest BCUT2D eigenvalue weighted by Crippen LogP contribution is 2.52. The number of Topliss-reactive ketones (excluding diaryl/α,β-unsaturated/α-hetero) is 1. The molecule has 2 aliphatic carbocycles. The fourth-order valence-electron chi connectivity index (χ4n) is 10.8. The van der Waals surface area contributed by atoms with Crippen molar-refractivity contribution in [3.8, 4) is 41.1 Å². The zero-order chi connectivity index (χ0) is 42.0. The summed E-state index contributed by atoms with van der Waals surface area (Å²) in [5.74, 6) is 11.4. The van der Waals surface area contributed by atoms with Crippen molar-refractivity contribution in [1.82, 2.24) is 10.2 Å². The van der Waals surface area contributed by atoms with Crippen LogP contribution in [0.2, 0.25) is 0 Å². The molecule has 9 unspecified atom stereocenters. The van der Waals surface area contributed by atoms with E-state index in [-0.39, 0.29) is 54.5 Å². The molecule has 9 aliphatic rings. The molecule has 7 heterocycles. The molecule has 2 aromatic carbocycles. The lowest BCUT2D eigenvalue weighted by molar-refractivity contribution is -0.122. The van der Waals surface area contributed by atoms with Gasteiger partial charge in [0.15, 0.2) is 17.7 Å². The SMILES string of the molecule is CC1C=CC(C(O)CC(=O)CCc2c(O)cc3c4c2CSSCC2CNC(N)c5ccc6c(c52)CC2=CN=C5CN(C=C25)C(O4)C(C#CC6O)C2(C#CO3)CCCC2)C(O)C1. The maximum Gasteiger partial charge on any atom is 0.187 e. The van der Waals surface area contributed by atoms with Crippen LogP contribution in [0.15, 0.2) is 58.9 Å². The van der Waals surface area contributed by atoms with E-state index in [0.29, 0.717) is 48.6 Å². The molecular weight excluding hydrogens is 809 g/mol. The van der Waals surface area contributed by atoms with Gasteiger partial charge in [-0.05, 0) is 59.4 Å². The molecule has 8 bridgehead atoms. The molecule has 7 N–H and O–H groups in total. The largest absolute Gasteiger partial charge is 0.508 e. The molecule has 0 amide bonds. The minimum atomic E-state index is -1.08. The minimum absolute atomic E-state index is 0.0223. The smallest absolute Gasteiger partial charge is 0.187 e. The topological polar surface area (TPSA) is 170 Å². The molecule has 0 saturated heterocycles. The molecule has 318 valence electrons. The van der Waals surface area contributed by atoms with E-state index in [4.69, 9.17) is 20.2 Å². The Morgan fingerprint density at radius 2 is 1.98 bits per heavy atom. The summed E-state index contributed by atoms with van der Waals surface area (Å²) in [6.45, 7) is 3.16. The number of nitrogens with two attached hydrogens (primary N) is 1. The van der Waals surface area contributed by atoms with Crippen LogP contribution < -0.4 is 20.5 Å². The van der Waals surface area contributed by atoms with Crippen LogP contribution in [0.4, 0.5) is 0 Å². The molecular formula is C48H52N4O7S2. The van der Waals surface area contributed by atoms with Crippen molar-refractivity contribution in [2.24, 2.45) is 33.9 Å². The summed E-state index contributed by atoms with van der Waals surface area (Å²) in [7, 11) is 3.36. The molecule has 11 nitrogen and oxygen atoms in total. The number of phenolic OH excluding ortho intramolecular Hbond substituents is 1. The number of nitrogens with one attached hydrogen (secondary N) is 1. The second kappa shape index (κ2) is 16.5. The number of phenols is 1. The van der Waals surface area contributed by atoms with Crippen LogP contribution in [0, 0.1) is 47.0 Å². The van der Waals surface area contributed by atoms with E-state index in [1.54, 1.807) is 27.7 Å². The summed E-state index contributed by atoms with van der Waals surface area (Å²) in [6.07, 6.45) is 11.9. The number of hydrogen-bond donors (Lipinski definition) is 6. The van der Waals surface area contributed by atoms with Crippen LogP contribution >= 0.6 is 21.6 Å². The number of ketones is 1. The Labute approximate surface area is 364 Å². The van der Waals surface area contributed by atoms with E-state index in [9.17, 15) is 25.2 Å². The van der Waals surface area contributed by atoms with Gasteiger partial charge in [-0.15, -0.1) is 0 Å². The van der Waals surface area contributed by atoms with Crippen molar-refractivity contribution >= 4 is 33.1 Å². The second-order valence-corrected chi connectivity index (χ2v) is 20.5. The number of nitrogens with zero attached hydrogens (tertiary/aromatic N) is 2. The average molecular weight is 861 g/mol. The number of fused-ring (bicyclic) bond motifs is 4. The summed E-state index contributed by atoms with van der Waals surface area (Å²) in [5.41, 5.74) is 14.5. The summed E-state index contributed by atoms with van der Waals surface area (Å²) in [5, 5.41) is 49.3. The first-order valence-electron chi connectivity index (χ1n) is 21.7. The van der Waals surface area contributed by atoms with Crippen molar-refractivity contribution in [3.05, 3.63) is 87.3 Å². The Hall–Kier alpha value is -4.18. The molecule has 1 spiro atoms. The maximum atomic E-state index is 13.6. The van der Waals surface area contributed by atoms with E-state index < -0.39 is 41.8 Å². The van der Waals surface area contributed by atoms with E-state index in [2.05, 4.69) is 40.3 Å². The molecule has 9 atom stereocenters. The number of aromatic hydroxyl groups is 1. The number of aliphatic hydroxyl groups is 3. The minimum Gasteiger partial charge on any atom is -0.508 e. The Kier molecular flexibility index (Phi) is 11.1. The first-order valence-corrected chi connectivity index (χ1v) is 24.2. The number of aliphatic imine (C=N–C) groups is 1. The van der Waals surface area contributed by atoms with E-state index in [1.807, 2.05) is 37.4 Å². The summed E-state index contributed by atoms with van der Waals surface area (Å²) in [4.78, 5) is 20.7. The summed E-state index contributed by atoms with van der Waals surface area (Å²) < 4.78 is 13.7. The molecule has 7 aliphatic heterocycles. The van der Waals surface area contributed by atoms with Crippen molar-refractivity contribution in [2.45, 2.75) is 107 Å². The molecule has 61 heavy (non-hydrogen) atoms. The van der Waals surface area contributed by atoms with Crippen molar-refractivity contribution in [1.29, 1.82) is 0 Å². The van der Waals surface area contributed by atoms with Crippen LogP contribution in [0.1, 0.15) is 103 Å². The predicted molar refractivity (Wildman–Crippen MR) is 236 cm³/mol. The van der Waals surface area contributed by atoms with Crippen LogP contribution in [-0.4, -0.2) is 74.1 Å². The maximum absolute atomic E-state index is 13.6. The third kappa shape index (κ3) is 7.50. The highest BCUT2D eigenvalue weighted by atomic mass is 33.1. The first kappa shape index (κ1) is 40.9. The van der Waals surface area contributed by atoms with Gasteiger partial charge in [-0.25, -0.2) is 0 Å². The van der Waals surface area contributed by atoms with Crippen LogP contribution in [0.25, 0.3) is 0 Å². The van der Waals surface area contributed by atoms with Gasteiger partial charge in [-0.1, -0.05) is 83.4 Å². The number of rotatable bonds is 6. The Morgan fingerprint density at radius 1 is 1.15 bits per heavy atom. The van der Waals surface area contributed by atoms with Crippen molar-refractivity contribution in [3.63, 3.8) is 0 Å². The van der Waals surface area contributed by atoms with Gasteiger partial charge in [0, 0.05) is 84.3 Å². The lowest BCUT2D eigenvalue weighted by Gasteiger charge is -2.39. The quantitative estimate of drug-likeness (QED) is 0.117. The second-order valence-electron chi connectivity index (χ2n) is 18.0. The van der Waals surface area contributed by atoms with Gasteiger partial charge >= 0.3 is 0 Å². The zero-order valence-electron chi connectivity index (χ0n) is 34.2. The van der Waals surface area contributed by atoms with Crippen LogP contribution in [0.3, 0.4) is 0 Å². The zero-order valence-corrected chi connectivity index (χ0v) is 35.9. The standard InChI is InChI=1S/C48H52N4O7S2/c1-26-4-6-32(40(55)16-26)41(56)18-29(53)5-7-31-36-25-61-60-24-28-21-51-46(49)33-9-8-30-34(44(28)33)17-27-20-50-38-23-52(22-35(27)38)47-37(10-11-39(30)54)48(12-2-3-13-48)14-15-58-43(19-42(31)57)45(36)59-47/h4,6,8-9,19-20,22,26,28,32,37,39-41,46-47,51,54-57H,2-3,5,7,12-13,16-18,21,23-25,49H2,1H3. The Balaban J connectivity index is 1.10. The monoisotopic (exact) mass is 860 g/mol. The third-order valence-electron chi connectivity index (χ3n) is 14.1. The van der Waals surface area contributed by atoms with Gasteiger partial charge in [-0.3, -0.25) is 15.1 Å². The Morgan fingerprint density at radius 3 is 2.82 bits per heavy atom. The third-order valence-corrected chi connectivity index (χ3v) is 16.5. The van der Waals surface area contributed by atoms with Crippen LogP contribution in [-0.2, 0) is 23.4 Å². The molecule has 11 rings (SSSR count). The molecule has 0 aromatic heterocycles. The van der Waals surface area contributed by atoms with E-state index in [0.717, 1.165) is 70.5 Å². The normalized spacial score (nSPS) is 30.7. The van der Waals surface area contributed by atoms with Gasteiger partial charge in [0.05, 0.1) is 42.0 Å². The summed E-state index contributed by atoms with van der Waals surface area (Å²) in [6, 6.07) is 5.59. The lowest BCUT2D eigenvalue weighted by Crippen LogP contribution is -2.47. The highest BCUT2D eigenvalue weighted by Gasteiger charge is 2.49. The van der Waals surface area contributed by atoms with Gasteiger partial charge in [-0.2, -0.15) is 0 Å². The number of hydrogen-bond acceptors (Lipinski definition) is 13. The molecule has 13 heteroatoms. The molecule has 1 fully saturated rings. The number of aliphatic hydroxyl groups excluding tert-OH is 3. The number of carbonyl (C=O) groups is 1. The highest BCUT2D eigenvalue weighted by molar-refractivity contribution is 8.76. The summed E-state index contributed by atoms with van der Waals surface area (Å²) >= 11 is 0. The Bertz CT molecular complexity index is 2400. The molecule has 1 saturated carbocycles. The molecule has 2 aromatic rings. The lowest BCUT2D eigenvalue weighted by atomic mass is 9.73. The average Bonchev–Trinajstić information content (AvgIpc) is 3.98. The van der Waals surface area contributed by atoms with Crippen molar-refractivity contribution < 1.29 is 34.7 Å². The van der Waals surface area contributed by atoms with Gasteiger partial charge < -0.3 is 40.5 Å². The number of carbonyl (C=O) groups excluding carboxylic acids is 1. The number of benzene rings is 2. The first-order chi connectivity index (χ1) is 29.6. The van der Waals surface area contributed by atoms with Gasteiger partial charge in [0.1, 0.15) is 23.7 Å². The fourth-order valence-corrected chi connectivity index (χ4v) is 13.3. The van der Waals surface area contributed by atoms with Gasteiger partial charge in [0.25, 0.3) is 0 Å². The predicted octanol–water partition coefficient (Wildman–Crippen LogP) is 5.82. The fraction of sp³-hybridized carbons (Fsp3) is 0.500. The molecule has 0 radical (unpaired) electrons. The number of allylic oxidation sites excluding steroid dienone is 2. The van der Waals surface area contributed by atoms with E-state index >= 15 is 0 Å².